The van der Waals surface area contributed by atoms with Gasteiger partial charge in [0.1, 0.15) is 11.9 Å². The molecule has 1 fully saturated rings. The molecule has 0 aliphatic carbocycles. The van der Waals surface area contributed by atoms with Crippen molar-refractivity contribution < 1.29 is 13.2 Å². The van der Waals surface area contributed by atoms with E-state index in [1.165, 1.54) is 0 Å². The molecule has 2 aliphatic rings. The average molecular weight is 516 g/mol. The molecule has 11 heteroatoms. The Morgan fingerprint density at radius 2 is 1.72 bits per heavy atom. The fraction of sp³-hybridized carbons (Fsp3) is 0.520. The fourth-order valence-corrected chi connectivity index (χ4v) is 5.80. The average Bonchev–Trinajstić information content (AvgIpc) is 2.84. The highest BCUT2D eigenvalue weighted by Crippen LogP contribution is 2.38. The molecular formula is C25H37N7O3S. The number of nitrogens with zero attached hydrogens (tertiary/aromatic N) is 5. The topological polar surface area (TPSA) is 101 Å². The molecule has 1 unspecified atom stereocenters. The fourth-order valence-electron chi connectivity index (χ4n) is 4.78. The van der Waals surface area contributed by atoms with Gasteiger partial charge in [0.15, 0.2) is 0 Å². The van der Waals surface area contributed by atoms with Crippen LogP contribution in [0, 0.1) is 0 Å². The highest BCUT2D eigenvalue weighted by molar-refractivity contribution is 7.89. The molecule has 0 saturated carbocycles. The maximum absolute atomic E-state index is 12.7. The molecule has 2 N–H and O–H groups in total. The van der Waals surface area contributed by atoms with Crippen molar-refractivity contribution in [2.75, 3.05) is 68.5 Å². The van der Waals surface area contributed by atoms with Crippen LogP contribution in [-0.2, 0) is 14.8 Å². The summed E-state index contributed by atoms with van der Waals surface area (Å²) in [5, 5.41) is 3.26. The van der Waals surface area contributed by atoms with E-state index in [-0.39, 0.29) is 22.9 Å². The Morgan fingerprint density at radius 1 is 1.06 bits per heavy atom. The zero-order valence-corrected chi connectivity index (χ0v) is 22.5. The van der Waals surface area contributed by atoms with Crippen molar-refractivity contribution in [2.45, 2.75) is 37.8 Å². The van der Waals surface area contributed by atoms with E-state index in [0.29, 0.717) is 18.9 Å². The number of benzene rings is 1. The van der Waals surface area contributed by atoms with E-state index in [0.717, 1.165) is 43.2 Å². The molecule has 4 rings (SSSR count). The first-order chi connectivity index (χ1) is 17.1. The summed E-state index contributed by atoms with van der Waals surface area (Å²) < 4.78 is 28.2. The molecule has 0 radical (unpaired) electrons. The Balaban J connectivity index is 1.41. The van der Waals surface area contributed by atoms with Crippen LogP contribution in [0.3, 0.4) is 0 Å². The van der Waals surface area contributed by atoms with Gasteiger partial charge in [0.2, 0.25) is 15.9 Å². The lowest BCUT2D eigenvalue weighted by atomic mass is 10.1. The highest BCUT2D eigenvalue weighted by Gasteiger charge is 2.35. The Morgan fingerprint density at radius 3 is 2.36 bits per heavy atom. The summed E-state index contributed by atoms with van der Waals surface area (Å²) in [7, 11) is 0.283. The van der Waals surface area contributed by atoms with Gasteiger partial charge in [-0.1, -0.05) is 0 Å². The molecule has 1 aromatic carbocycles. The van der Waals surface area contributed by atoms with E-state index >= 15 is 0 Å². The lowest BCUT2D eigenvalue weighted by Gasteiger charge is -2.42. The normalized spacial score (nSPS) is 19.6. The van der Waals surface area contributed by atoms with Crippen LogP contribution in [0.2, 0.25) is 0 Å². The summed E-state index contributed by atoms with van der Waals surface area (Å²) in [6.07, 6.45) is 1.69. The summed E-state index contributed by atoms with van der Waals surface area (Å²) in [5.41, 5.74) is 2.42. The summed E-state index contributed by atoms with van der Waals surface area (Å²) in [4.78, 5) is 25.6. The van der Waals surface area contributed by atoms with Gasteiger partial charge in [-0.15, -0.1) is 0 Å². The monoisotopic (exact) mass is 515 g/mol. The third-order valence-electron chi connectivity index (χ3n) is 6.92. The van der Waals surface area contributed by atoms with Crippen molar-refractivity contribution in [1.29, 1.82) is 0 Å². The van der Waals surface area contributed by atoms with Crippen LogP contribution in [0.4, 0.5) is 22.9 Å². The molecule has 1 aromatic heterocycles. The van der Waals surface area contributed by atoms with Crippen LogP contribution in [0.5, 0.6) is 0 Å². The van der Waals surface area contributed by atoms with E-state index in [1.54, 1.807) is 42.4 Å². The number of anilines is 4. The number of hydrogen-bond acceptors (Lipinski definition) is 8. The minimum Gasteiger partial charge on any atom is -0.355 e. The number of amides is 1. The SMILES string of the molecule is CC(C)N1c2cc(Nc3ccc(S(=O)(=O)NCCN4CCN(C)CC4)cc3)ncc2N(C)C(=O)C1C. The number of pyridine rings is 1. The molecule has 2 aromatic rings. The molecule has 36 heavy (non-hydrogen) atoms. The molecule has 1 amide bonds. The second-order valence-corrected chi connectivity index (χ2v) is 11.6. The van der Waals surface area contributed by atoms with Gasteiger partial charge < -0.3 is 20.0 Å². The first-order valence-electron chi connectivity index (χ1n) is 12.4. The maximum Gasteiger partial charge on any atom is 0.249 e. The number of aromatic nitrogens is 1. The second-order valence-electron chi connectivity index (χ2n) is 9.82. The minimum atomic E-state index is -3.58. The number of carbonyl (C=O) groups is 1. The summed E-state index contributed by atoms with van der Waals surface area (Å²) in [5.74, 6) is 0.655. The maximum atomic E-state index is 12.7. The van der Waals surface area contributed by atoms with Crippen molar-refractivity contribution in [3.63, 3.8) is 0 Å². The predicted molar refractivity (Wildman–Crippen MR) is 144 cm³/mol. The predicted octanol–water partition coefficient (Wildman–Crippen LogP) is 1.93. The van der Waals surface area contributed by atoms with E-state index in [9.17, 15) is 13.2 Å². The second kappa shape index (κ2) is 10.7. The molecule has 196 valence electrons. The van der Waals surface area contributed by atoms with Crippen molar-refractivity contribution in [1.82, 2.24) is 19.5 Å². The molecule has 3 heterocycles. The standard InChI is InChI=1S/C25H37N7O3S/c1-18(2)32-19(3)25(33)30(5)23-17-26-24(16-22(23)32)28-20-6-8-21(9-7-20)36(34,35)27-10-11-31-14-12-29(4)13-15-31/h6-9,16-19,27H,10-15H2,1-5H3,(H,26,28). The number of fused-ring (bicyclic) bond motifs is 1. The molecule has 1 atom stereocenters. The van der Waals surface area contributed by atoms with E-state index in [2.05, 4.69) is 50.6 Å². The zero-order valence-electron chi connectivity index (χ0n) is 21.7. The summed E-state index contributed by atoms with van der Waals surface area (Å²) in [6, 6.07) is 8.44. The zero-order chi connectivity index (χ0) is 26.0. The van der Waals surface area contributed by atoms with E-state index in [1.807, 2.05) is 13.0 Å². The van der Waals surface area contributed by atoms with Gasteiger partial charge >= 0.3 is 0 Å². The number of rotatable bonds is 8. The molecule has 0 bridgehead atoms. The van der Waals surface area contributed by atoms with Gasteiger partial charge in [0, 0.05) is 64.1 Å². The lowest BCUT2D eigenvalue weighted by molar-refractivity contribution is -0.119. The van der Waals surface area contributed by atoms with Crippen molar-refractivity contribution in [3.8, 4) is 0 Å². The van der Waals surface area contributed by atoms with Crippen LogP contribution in [-0.4, -0.2) is 94.6 Å². The van der Waals surface area contributed by atoms with Gasteiger partial charge in [-0.3, -0.25) is 9.69 Å². The first-order valence-corrected chi connectivity index (χ1v) is 13.9. The Hall–Kier alpha value is -2.73. The van der Waals surface area contributed by atoms with Gasteiger partial charge in [0.25, 0.3) is 0 Å². The van der Waals surface area contributed by atoms with Crippen LogP contribution in [0.1, 0.15) is 20.8 Å². The van der Waals surface area contributed by atoms with Crippen molar-refractivity contribution in [3.05, 3.63) is 36.5 Å². The van der Waals surface area contributed by atoms with Gasteiger partial charge in [-0.2, -0.15) is 0 Å². The first kappa shape index (κ1) is 26.3. The van der Waals surface area contributed by atoms with Crippen molar-refractivity contribution in [2.24, 2.45) is 0 Å². The number of carbonyl (C=O) groups excluding carboxylic acids is 1. The molecule has 0 spiro atoms. The van der Waals surface area contributed by atoms with E-state index in [4.69, 9.17) is 0 Å². The molecule has 2 aliphatic heterocycles. The van der Waals surface area contributed by atoms with Crippen LogP contribution in [0.15, 0.2) is 41.4 Å². The minimum absolute atomic E-state index is 0.0349. The van der Waals surface area contributed by atoms with E-state index < -0.39 is 10.0 Å². The Kier molecular flexibility index (Phi) is 7.84. The third kappa shape index (κ3) is 5.64. The van der Waals surface area contributed by atoms with Crippen LogP contribution in [0.25, 0.3) is 0 Å². The van der Waals surface area contributed by atoms with Gasteiger partial charge in [-0.05, 0) is 52.1 Å². The number of piperazine rings is 1. The molecule has 1 saturated heterocycles. The van der Waals surface area contributed by atoms with Gasteiger partial charge in [-0.25, -0.2) is 18.1 Å². The summed E-state index contributed by atoms with van der Waals surface area (Å²) in [6.45, 7) is 11.0. The largest absolute Gasteiger partial charge is 0.355 e. The quantitative estimate of drug-likeness (QED) is 0.550. The third-order valence-corrected chi connectivity index (χ3v) is 8.39. The Bertz CT molecular complexity index is 1180. The molecule has 10 nitrogen and oxygen atoms in total. The number of nitrogens with one attached hydrogen (secondary N) is 2. The lowest BCUT2D eigenvalue weighted by Crippen LogP contribution is -2.53. The Labute approximate surface area is 214 Å². The highest BCUT2D eigenvalue weighted by atomic mass is 32.2. The van der Waals surface area contributed by atoms with Crippen LogP contribution < -0.4 is 19.8 Å². The van der Waals surface area contributed by atoms with Gasteiger partial charge in [0.05, 0.1) is 22.5 Å². The molecular weight excluding hydrogens is 478 g/mol. The smallest absolute Gasteiger partial charge is 0.249 e. The summed E-state index contributed by atoms with van der Waals surface area (Å²) >= 11 is 0. The number of sulfonamides is 1. The number of hydrogen-bond donors (Lipinski definition) is 2. The van der Waals surface area contributed by atoms with Crippen LogP contribution >= 0.6 is 0 Å². The number of likely N-dealkylation sites (N-methyl/N-ethyl adjacent to an activating group) is 2. The van der Waals surface area contributed by atoms with Crippen molar-refractivity contribution >= 4 is 38.8 Å².